The van der Waals surface area contributed by atoms with Gasteiger partial charge in [0.2, 0.25) is 0 Å². The highest BCUT2D eigenvalue weighted by atomic mass is 32.2. The number of thiocarbonyl (C=S) groups is 1. The lowest BCUT2D eigenvalue weighted by Gasteiger charge is -2.12. The first-order valence-corrected chi connectivity index (χ1v) is 11.3. The average Bonchev–Trinajstić information content (AvgIpc) is 3.05. The molecule has 1 amide bonds. The minimum absolute atomic E-state index is 0.104. The third-order valence-corrected chi connectivity index (χ3v) is 5.94. The molecule has 0 atom stereocenters. The fraction of sp³-hybridized carbons (Fsp3) is 0.200. The summed E-state index contributed by atoms with van der Waals surface area (Å²) in [6, 6.07) is 13.4. The summed E-state index contributed by atoms with van der Waals surface area (Å²) in [5.74, 6) is 1.93. The third kappa shape index (κ3) is 6.02. The quantitative estimate of drug-likeness (QED) is 0.194. The first kappa shape index (κ1) is 23.6. The molecule has 0 saturated carbocycles. The van der Waals surface area contributed by atoms with E-state index in [2.05, 4.69) is 13.2 Å². The normalized spacial score (nSPS) is 14.5. The van der Waals surface area contributed by atoms with Crippen molar-refractivity contribution < 1.29 is 19.0 Å². The number of rotatable bonds is 11. The van der Waals surface area contributed by atoms with E-state index in [0.29, 0.717) is 46.2 Å². The van der Waals surface area contributed by atoms with Crippen LogP contribution >= 0.6 is 24.0 Å². The van der Waals surface area contributed by atoms with Gasteiger partial charge in [0, 0.05) is 6.54 Å². The number of methoxy groups -OCH3 is 1. The highest BCUT2D eigenvalue weighted by Crippen LogP contribution is 2.33. The van der Waals surface area contributed by atoms with Gasteiger partial charge in [-0.15, -0.1) is 13.2 Å². The molecular formula is C25H25NO4S2. The Balaban J connectivity index is 1.57. The van der Waals surface area contributed by atoms with Gasteiger partial charge in [-0.25, -0.2) is 0 Å². The molecule has 1 heterocycles. The van der Waals surface area contributed by atoms with Gasteiger partial charge in [0.15, 0.2) is 11.5 Å². The first-order valence-electron chi connectivity index (χ1n) is 10.1. The SMILES string of the molecule is C=CCc1ccc(OCCOc2cccc(/C=C3\SC(=S)N(CC=C)C3=O)c2)c(OC)c1. The van der Waals surface area contributed by atoms with Crippen LogP contribution in [-0.4, -0.2) is 42.0 Å². The Morgan fingerprint density at radius 2 is 1.88 bits per heavy atom. The Labute approximate surface area is 198 Å². The van der Waals surface area contributed by atoms with Gasteiger partial charge in [-0.05, 0) is 47.9 Å². The van der Waals surface area contributed by atoms with Crippen molar-refractivity contribution in [3.8, 4) is 17.2 Å². The minimum Gasteiger partial charge on any atom is -0.493 e. The summed E-state index contributed by atoms with van der Waals surface area (Å²) in [5, 5.41) is 0. The van der Waals surface area contributed by atoms with Crippen molar-refractivity contribution in [3.63, 3.8) is 0 Å². The number of thioether (sulfide) groups is 1. The fourth-order valence-corrected chi connectivity index (χ4v) is 4.34. The Kier molecular flexibility index (Phi) is 8.53. The molecule has 0 radical (unpaired) electrons. The first-order chi connectivity index (χ1) is 15.5. The Morgan fingerprint density at radius 1 is 1.06 bits per heavy atom. The van der Waals surface area contributed by atoms with Crippen LogP contribution in [0.1, 0.15) is 11.1 Å². The van der Waals surface area contributed by atoms with E-state index in [1.807, 2.05) is 54.6 Å². The molecule has 0 N–H and O–H groups in total. The van der Waals surface area contributed by atoms with Crippen LogP contribution in [0.3, 0.4) is 0 Å². The second-order valence-corrected chi connectivity index (χ2v) is 8.50. The molecule has 0 aromatic heterocycles. The molecule has 3 rings (SSSR count). The summed E-state index contributed by atoms with van der Waals surface area (Å²) in [7, 11) is 1.62. The number of hydrogen-bond acceptors (Lipinski definition) is 6. The van der Waals surface area contributed by atoms with E-state index in [0.717, 1.165) is 17.5 Å². The molecule has 2 aromatic rings. The Bertz CT molecular complexity index is 1050. The van der Waals surface area contributed by atoms with Crippen LogP contribution in [0, 0.1) is 0 Å². The summed E-state index contributed by atoms with van der Waals surface area (Å²) in [5.41, 5.74) is 1.97. The lowest BCUT2D eigenvalue weighted by atomic mass is 10.1. The van der Waals surface area contributed by atoms with E-state index in [1.54, 1.807) is 13.2 Å². The number of carbonyl (C=O) groups excluding carboxylic acids is 1. The summed E-state index contributed by atoms with van der Waals surface area (Å²) >= 11 is 6.57. The van der Waals surface area contributed by atoms with Crippen LogP contribution in [0.2, 0.25) is 0 Å². The van der Waals surface area contributed by atoms with Crippen molar-refractivity contribution in [1.29, 1.82) is 0 Å². The molecule has 0 aliphatic carbocycles. The van der Waals surface area contributed by atoms with Crippen molar-refractivity contribution >= 4 is 40.3 Å². The van der Waals surface area contributed by atoms with Crippen molar-refractivity contribution in [2.24, 2.45) is 0 Å². The summed E-state index contributed by atoms with van der Waals surface area (Å²) < 4.78 is 17.6. The molecule has 1 aliphatic rings. The van der Waals surface area contributed by atoms with E-state index in [-0.39, 0.29) is 5.91 Å². The highest BCUT2D eigenvalue weighted by molar-refractivity contribution is 8.26. The van der Waals surface area contributed by atoms with Gasteiger partial charge in [0.05, 0.1) is 12.0 Å². The van der Waals surface area contributed by atoms with Gasteiger partial charge >= 0.3 is 0 Å². The number of amides is 1. The third-order valence-electron chi connectivity index (χ3n) is 4.56. The molecule has 2 aromatic carbocycles. The largest absolute Gasteiger partial charge is 0.493 e. The van der Waals surface area contributed by atoms with Crippen molar-refractivity contribution in [1.82, 2.24) is 4.90 Å². The van der Waals surface area contributed by atoms with Crippen LogP contribution in [0.25, 0.3) is 6.08 Å². The molecule has 0 unspecified atom stereocenters. The van der Waals surface area contributed by atoms with Gasteiger partial charge in [-0.3, -0.25) is 9.69 Å². The molecule has 166 valence electrons. The number of allylic oxidation sites excluding steroid dienone is 1. The van der Waals surface area contributed by atoms with E-state index in [9.17, 15) is 4.79 Å². The predicted octanol–water partition coefficient (Wildman–Crippen LogP) is 5.27. The van der Waals surface area contributed by atoms with E-state index >= 15 is 0 Å². The van der Waals surface area contributed by atoms with E-state index < -0.39 is 0 Å². The molecule has 5 nitrogen and oxygen atoms in total. The van der Waals surface area contributed by atoms with Gasteiger partial charge < -0.3 is 14.2 Å². The summed E-state index contributed by atoms with van der Waals surface area (Å²) in [4.78, 5) is 14.6. The maximum absolute atomic E-state index is 12.5. The molecule has 1 saturated heterocycles. The zero-order chi connectivity index (χ0) is 22.9. The van der Waals surface area contributed by atoms with Crippen molar-refractivity contribution in [3.05, 3.63) is 83.8 Å². The zero-order valence-electron chi connectivity index (χ0n) is 17.9. The average molecular weight is 468 g/mol. The second-order valence-electron chi connectivity index (χ2n) is 6.83. The second kappa shape index (κ2) is 11.5. The van der Waals surface area contributed by atoms with Crippen molar-refractivity contribution in [2.45, 2.75) is 6.42 Å². The summed E-state index contributed by atoms with van der Waals surface area (Å²) in [6.45, 7) is 8.56. The highest BCUT2D eigenvalue weighted by Gasteiger charge is 2.30. The lowest BCUT2D eigenvalue weighted by Crippen LogP contribution is -2.27. The zero-order valence-corrected chi connectivity index (χ0v) is 19.5. The van der Waals surface area contributed by atoms with Gasteiger partial charge in [-0.1, -0.05) is 54.3 Å². The molecular weight excluding hydrogens is 442 g/mol. The van der Waals surface area contributed by atoms with Crippen LogP contribution < -0.4 is 14.2 Å². The number of carbonyl (C=O) groups is 1. The molecule has 7 heteroatoms. The molecule has 32 heavy (non-hydrogen) atoms. The van der Waals surface area contributed by atoms with Crippen LogP contribution in [0.15, 0.2) is 72.7 Å². The maximum atomic E-state index is 12.5. The van der Waals surface area contributed by atoms with Crippen molar-refractivity contribution in [2.75, 3.05) is 26.9 Å². The summed E-state index contributed by atoms with van der Waals surface area (Å²) in [6.07, 6.45) is 6.10. The fourth-order valence-electron chi connectivity index (χ4n) is 3.07. The molecule has 1 fully saturated rings. The molecule has 0 bridgehead atoms. The lowest BCUT2D eigenvalue weighted by molar-refractivity contribution is -0.121. The number of nitrogens with zero attached hydrogens (tertiary/aromatic N) is 1. The van der Waals surface area contributed by atoms with Crippen LogP contribution in [0.5, 0.6) is 17.2 Å². The van der Waals surface area contributed by atoms with E-state index in [4.69, 9.17) is 26.4 Å². The maximum Gasteiger partial charge on any atom is 0.266 e. The van der Waals surface area contributed by atoms with Crippen LogP contribution in [0.4, 0.5) is 0 Å². The molecule has 1 aliphatic heterocycles. The van der Waals surface area contributed by atoms with Gasteiger partial charge in [0.25, 0.3) is 5.91 Å². The van der Waals surface area contributed by atoms with Gasteiger partial charge in [0.1, 0.15) is 23.3 Å². The monoisotopic (exact) mass is 467 g/mol. The number of benzene rings is 2. The number of hydrogen-bond donors (Lipinski definition) is 0. The Morgan fingerprint density at radius 3 is 2.62 bits per heavy atom. The topological polar surface area (TPSA) is 48.0 Å². The van der Waals surface area contributed by atoms with E-state index in [1.165, 1.54) is 16.7 Å². The number of ether oxygens (including phenoxy) is 3. The Hall–Kier alpha value is -3.03. The predicted molar refractivity (Wildman–Crippen MR) is 134 cm³/mol. The van der Waals surface area contributed by atoms with Crippen LogP contribution in [-0.2, 0) is 11.2 Å². The standard InChI is InChI=1S/C25H25NO4S2/c1-4-7-18-10-11-21(22(16-18)28-3)30-14-13-29-20-9-6-8-19(15-20)17-23-24(27)26(12-5-2)25(31)32-23/h4-6,8-11,15-17H,1-2,7,12-14H2,3H3/b23-17-. The smallest absolute Gasteiger partial charge is 0.266 e. The van der Waals surface area contributed by atoms with Gasteiger partial charge in [-0.2, -0.15) is 0 Å². The molecule has 0 spiro atoms. The minimum atomic E-state index is -0.104.